The highest BCUT2D eigenvalue weighted by Crippen LogP contribution is 2.25. The Labute approximate surface area is 126 Å². The molecule has 0 bridgehead atoms. The third-order valence-electron chi connectivity index (χ3n) is 2.40. The van der Waals surface area contributed by atoms with Crippen molar-refractivity contribution in [2.24, 2.45) is 22.4 Å². The number of thiophene rings is 1. The maximum Gasteiger partial charge on any atom is 0.230 e. The monoisotopic (exact) mass is 313 g/mol. The number of amides is 1. The van der Waals surface area contributed by atoms with Crippen LogP contribution >= 0.6 is 23.1 Å². The molecule has 110 valence electrons. The van der Waals surface area contributed by atoms with Crippen molar-refractivity contribution in [2.75, 3.05) is 5.75 Å². The standard InChI is InChI=1S/C12H19N5OS2/c1-7(2)10(8-4-3-5-19-8)16-9(18)6-20-12(15)17-11(13)14/h3-5,7,10H,6H2,1-2H3,(H,16,18)(H5,13,14,15,17). The molecule has 0 saturated carbocycles. The number of carbonyl (C=O) groups is 1. The molecule has 20 heavy (non-hydrogen) atoms. The second-order valence-corrected chi connectivity index (χ2v) is 6.38. The van der Waals surface area contributed by atoms with Gasteiger partial charge in [0.15, 0.2) is 11.1 Å². The van der Waals surface area contributed by atoms with Crippen molar-refractivity contribution in [3.05, 3.63) is 22.4 Å². The zero-order valence-electron chi connectivity index (χ0n) is 11.4. The first-order chi connectivity index (χ1) is 9.40. The van der Waals surface area contributed by atoms with Crippen molar-refractivity contribution >= 4 is 40.1 Å². The first kappa shape index (κ1) is 16.5. The van der Waals surface area contributed by atoms with Crippen molar-refractivity contribution in [1.29, 1.82) is 5.41 Å². The summed E-state index contributed by atoms with van der Waals surface area (Å²) in [7, 11) is 0. The van der Waals surface area contributed by atoms with Crippen LogP contribution in [-0.2, 0) is 4.79 Å². The van der Waals surface area contributed by atoms with Gasteiger partial charge < -0.3 is 16.8 Å². The smallest absolute Gasteiger partial charge is 0.230 e. The van der Waals surface area contributed by atoms with E-state index in [2.05, 4.69) is 24.2 Å². The molecule has 0 saturated heterocycles. The Hall–Kier alpha value is -1.54. The number of guanidine groups is 1. The second kappa shape index (κ2) is 7.91. The number of nitrogens with two attached hydrogens (primary N) is 2. The van der Waals surface area contributed by atoms with E-state index in [1.165, 1.54) is 0 Å². The quantitative estimate of drug-likeness (QED) is 0.486. The molecule has 1 rings (SSSR count). The molecule has 1 amide bonds. The van der Waals surface area contributed by atoms with E-state index in [9.17, 15) is 4.79 Å². The van der Waals surface area contributed by atoms with Gasteiger partial charge in [-0.3, -0.25) is 10.2 Å². The lowest BCUT2D eigenvalue weighted by molar-refractivity contribution is -0.119. The van der Waals surface area contributed by atoms with Gasteiger partial charge in [0.05, 0.1) is 11.8 Å². The molecule has 0 aromatic carbocycles. The summed E-state index contributed by atoms with van der Waals surface area (Å²) in [4.78, 5) is 16.6. The summed E-state index contributed by atoms with van der Waals surface area (Å²) < 4.78 is 0. The zero-order valence-corrected chi connectivity index (χ0v) is 13.1. The Morgan fingerprint density at radius 1 is 1.55 bits per heavy atom. The highest BCUT2D eigenvalue weighted by atomic mass is 32.2. The van der Waals surface area contributed by atoms with Crippen LogP contribution in [0.25, 0.3) is 0 Å². The summed E-state index contributed by atoms with van der Waals surface area (Å²) in [6.45, 7) is 4.11. The number of carbonyl (C=O) groups excluding carboxylic acids is 1. The minimum absolute atomic E-state index is 0.0136. The van der Waals surface area contributed by atoms with Crippen LogP contribution in [0.1, 0.15) is 24.8 Å². The van der Waals surface area contributed by atoms with E-state index in [-0.39, 0.29) is 28.8 Å². The van der Waals surface area contributed by atoms with Gasteiger partial charge in [-0.1, -0.05) is 31.7 Å². The third-order valence-corrected chi connectivity index (χ3v) is 4.13. The number of hydrogen-bond donors (Lipinski definition) is 4. The van der Waals surface area contributed by atoms with Crippen LogP contribution in [-0.4, -0.2) is 22.8 Å². The molecule has 1 aromatic heterocycles. The predicted molar refractivity (Wildman–Crippen MR) is 86.0 cm³/mol. The van der Waals surface area contributed by atoms with Crippen LogP contribution in [0.3, 0.4) is 0 Å². The average Bonchev–Trinajstić information content (AvgIpc) is 2.85. The molecule has 0 aliphatic heterocycles. The minimum Gasteiger partial charge on any atom is -0.370 e. The van der Waals surface area contributed by atoms with E-state index < -0.39 is 0 Å². The van der Waals surface area contributed by atoms with Gasteiger partial charge in [-0.05, 0) is 17.4 Å². The van der Waals surface area contributed by atoms with E-state index in [1.807, 2.05) is 17.5 Å². The van der Waals surface area contributed by atoms with Crippen molar-refractivity contribution in [3.63, 3.8) is 0 Å². The Morgan fingerprint density at radius 2 is 2.25 bits per heavy atom. The van der Waals surface area contributed by atoms with Gasteiger partial charge in [-0.15, -0.1) is 11.3 Å². The lowest BCUT2D eigenvalue weighted by Gasteiger charge is -2.21. The van der Waals surface area contributed by atoms with Crippen LogP contribution in [0, 0.1) is 11.3 Å². The Morgan fingerprint density at radius 3 is 2.75 bits per heavy atom. The van der Waals surface area contributed by atoms with Crippen LogP contribution in [0.2, 0.25) is 0 Å². The van der Waals surface area contributed by atoms with Gasteiger partial charge in [0.25, 0.3) is 0 Å². The van der Waals surface area contributed by atoms with Gasteiger partial charge in [0.1, 0.15) is 0 Å². The molecular weight excluding hydrogens is 294 g/mol. The van der Waals surface area contributed by atoms with E-state index in [1.54, 1.807) is 11.3 Å². The lowest BCUT2D eigenvalue weighted by Crippen LogP contribution is -2.32. The molecule has 6 nitrogen and oxygen atoms in total. The third kappa shape index (κ3) is 5.62. The number of thioether (sulfide) groups is 1. The SMILES string of the molecule is CC(C)C(NC(=O)CSC(=N)N=C(N)N)c1cccs1. The molecular formula is C12H19N5OS2. The molecule has 8 heteroatoms. The van der Waals surface area contributed by atoms with Crippen LogP contribution < -0.4 is 16.8 Å². The molecule has 0 fully saturated rings. The number of nitrogens with zero attached hydrogens (tertiary/aromatic N) is 1. The van der Waals surface area contributed by atoms with Crippen molar-refractivity contribution < 1.29 is 4.79 Å². The minimum atomic E-state index is -0.179. The summed E-state index contributed by atoms with van der Waals surface area (Å²) >= 11 is 2.61. The first-order valence-electron chi connectivity index (χ1n) is 6.04. The van der Waals surface area contributed by atoms with Gasteiger partial charge in [0, 0.05) is 4.88 Å². The molecule has 1 aromatic rings. The van der Waals surface area contributed by atoms with Crippen molar-refractivity contribution in [3.8, 4) is 0 Å². The maximum absolute atomic E-state index is 11.9. The van der Waals surface area contributed by atoms with Crippen LogP contribution in [0.4, 0.5) is 0 Å². The highest BCUT2D eigenvalue weighted by molar-refractivity contribution is 8.14. The lowest BCUT2D eigenvalue weighted by atomic mass is 10.0. The van der Waals surface area contributed by atoms with Crippen LogP contribution in [0.15, 0.2) is 22.5 Å². The van der Waals surface area contributed by atoms with Gasteiger partial charge in [-0.2, -0.15) is 4.99 Å². The fourth-order valence-corrected chi connectivity index (χ4v) is 3.00. The van der Waals surface area contributed by atoms with E-state index in [0.29, 0.717) is 5.92 Å². The van der Waals surface area contributed by atoms with E-state index in [4.69, 9.17) is 16.9 Å². The fraction of sp³-hybridized carbons (Fsp3) is 0.417. The predicted octanol–water partition coefficient (Wildman–Crippen LogP) is 1.50. The molecule has 1 atom stereocenters. The maximum atomic E-state index is 11.9. The Balaban J connectivity index is 2.52. The Bertz CT molecular complexity index is 480. The number of nitrogens with one attached hydrogen (secondary N) is 2. The average molecular weight is 313 g/mol. The summed E-state index contributed by atoms with van der Waals surface area (Å²) in [5.74, 6) is 0.0865. The number of amidine groups is 1. The summed E-state index contributed by atoms with van der Waals surface area (Å²) in [6, 6.07) is 3.95. The topological polar surface area (TPSA) is 117 Å². The summed E-state index contributed by atoms with van der Waals surface area (Å²) in [5.41, 5.74) is 10.3. The number of rotatable bonds is 5. The highest BCUT2D eigenvalue weighted by Gasteiger charge is 2.19. The van der Waals surface area contributed by atoms with Crippen molar-refractivity contribution in [1.82, 2.24) is 5.32 Å². The number of hydrogen-bond acceptors (Lipinski definition) is 4. The Kier molecular flexibility index (Phi) is 6.53. The molecule has 0 radical (unpaired) electrons. The molecule has 0 aliphatic rings. The van der Waals surface area contributed by atoms with Gasteiger partial charge in [-0.25, -0.2) is 0 Å². The molecule has 6 N–H and O–H groups in total. The molecule has 0 spiro atoms. The number of aliphatic imine (C=N–C) groups is 1. The van der Waals surface area contributed by atoms with Gasteiger partial charge >= 0.3 is 0 Å². The summed E-state index contributed by atoms with van der Waals surface area (Å²) in [6.07, 6.45) is 0. The van der Waals surface area contributed by atoms with Gasteiger partial charge in [0.2, 0.25) is 5.91 Å². The molecule has 1 unspecified atom stereocenters. The fourth-order valence-electron chi connectivity index (χ4n) is 1.53. The zero-order chi connectivity index (χ0) is 15.1. The molecule has 1 heterocycles. The van der Waals surface area contributed by atoms with E-state index in [0.717, 1.165) is 16.6 Å². The van der Waals surface area contributed by atoms with E-state index >= 15 is 0 Å². The summed E-state index contributed by atoms with van der Waals surface area (Å²) in [5, 5.41) is 12.3. The second-order valence-electron chi connectivity index (χ2n) is 4.44. The first-order valence-corrected chi connectivity index (χ1v) is 7.90. The largest absolute Gasteiger partial charge is 0.370 e. The van der Waals surface area contributed by atoms with Crippen LogP contribution in [0.5, 0.6) is 0 Å². The molecule has 0 aliphatic carbocycles. The normalized spacial score (nSPS) is 11.9. The van der Waals surface area contributed by atoms with Crippen molar-refractivity contribution in [2.45, 2.75) is 19.9 Å².